The molecule has 184 valence electrons. The first-order valence-electron chi connectivity index (χ1n) is 10.7. The Kier molecular flexibility index (Phi) is 7.44. The molecule has 0 atom stereocenters. The number of anilines is 1. The van der Waals surface area contributed by atoms with Crippen LogP contribution in [0.1, 0.15) is 16.7 Å². The summed E-state index contributed by atoms with van der Waals surface area (Å²) in [6, 6.07) is 16.3. The summed E-state index contributed by atoms with van der Waals surface area (Å²) < 4.78 is 46.2. The highest BCUT2D eigenvalue weighted by Crippen LogP contribution is 2.34. The molecule has 3 aromatic carbocycles. The number of nitrogens with one attached hydrogen (secondary N) is 1. The molecule has 1 aliphatic heterocycles. The first-order valence-corrected chi connectivity index (χ1v) is 11.5. The van der Waals surface area contributed by atoms with Gasteiger partial charge in [-0.3, -0.25) is 19.3 Å². The number of hydrogen-bond donors (Lipinski definition) is 1. The van der Waals surface area contributed by atoms with Crippen LogP contribution in [0, 0.1) is 24.4 Å². The number of amides is 3. The van der Waals surface area contributed by atoms with E-state index < -0.39 is 46.7 Å². The summed E-state index contributed by atoms with van der Waals surface area (Å²) in [5, 5.41) is 1.34. The Bertz CT molecular complexity index is 1390. The van der Waals surface area contributed by atoms with Crippen LogP contribution in [0.4, 0.5) is 23.7 Å². The quantitative estimate of drug-likeness (QED) is 0.326. The number of nitrogens with zero attached hydrogens (tertiary/aromatic N) is 1. The average Bonchev–Trinajstić information content (AvgIpc) is 3.11. The number of hydrogen-bond acceptors (Lipinski definition) is 5. The highest BCUT2D eigenvalue weighted by atomic mass is 32.2. The van der Waals surface area contributed by atoms with Crippen molar-refractivity contribution in [2.75, 3.05) is 11.9 Å². The van der Waals surface area contributed by atoms with Crippen LogP contribution in [-0.4, -0.2) is 28.5 Å². The van der Waals surface area contributed by atoms with Crippen LogP contribution in [0.25, 0.3) is 6.08 Å². The highest BCUT2D eigenvalue weighted by Gasteiger charge is 2.36. The zero-order chi connectivity index (χ0) is 25.8. The van der Waals surface area contributed by atoms with E-state index in [1.165, 1.54) is 6.08 Å². The van der Waals surface area contributed by atoms with Gasteiger partial charge in [0.05, 0.1) is 10.6 Å². The van der Waals surface area contributed by atoms with E-state index >= 15 is 0 Å². The molecule has 0 unspecified atom stereocenters. The van der Waals surface area contributed by atoms with Gasteiger partial charge >= 0.3 is 0 Å². The van der Waals surface area contributed by atoms with Gasteiger partial charge in [-0.25, -0.2) is 13.2 Å². The Hall–Kier alpha value is -4.05. The Morgan fingerprint density at radius 1 is 1.03 bits per heavy atom. The number of halogens is 3. The van der Waals surface area contributed by atoms with E-state index in [-0.39, 0.29) is 4.91 Å². The summed E-state index contributed by atoms with van der Waals surface area (Å²) in [6.07, 6.45) is 1.49. The standard InChI is InChI=1S/C26H19F3N2O4S/c1-15-5-4-6-16(11-15)14-35-20-8-3-2-7-17(20)12-21-25(33)31(26(34)36-21)13-22(32)30-19-10-9-18(27)23(28)24(19)29/h2-12H,13-14H2,1H3,(H,30,32)/b21-12+. The molecule has 1 fully saturated rings. The lowest BCUT2D eigenvalue weighted by molar-refractivity contribution is -0.127. The van der Waals surface area contributed by atoms with Gasteiger partial charge in [-0.05, 0) is 48.5 Å². The van der Waals surface area contributed by atoms with Gasteiger partial charge in [-0.2, -0.15) is 0 Å². The van der Waals surface area contributed by atoms with E-state index in [1.807, 2.05) is 36.5 Å². The van der Waals surface area contributed by atoms with Crippen molar-refractivity contribution in [1.82, 2.24) is 4.90 Å². The van der Waals surface area contributed by atoms with Gasteiger partial charge in [0, 0.05) is 5.56 Å². The van der Waals surface area contributed by atoms with Crippen LogP contribution in [0.5, 0.6) is 5.75 Å². The van der Waals surface area contributed by atoms with Gasteiger partial charge in [0.1, 0.15) is 18.9 Å². The first kappa shape index (κ1) is 25.1. The van der Waals surface area contributed by atoms with Crippen molar-refractivity contribution in [2.24, 2.45) is 0 Å². The topological polar surface area (TPSA) is 75.7 Å². The summed E-state index contributed by atoms with van der Waals surface area (Å²) in [4.78, 5) is 38.2. The molecule has 10 heteroatoms. The predicted octanol–water partition coefficient (Wildman–Crippen LogP) is 5.67. The van der Waals surface area contributed by atoms with E-state index in [0.717, 1.165) is 17.2 Å². The Morgan fingerprint density at radius 3 is 2.58 bits per heavy atom. The maximum absolute atomic E-state index is 13.8. The largest absolute Gasteiger partial charge is 0.488 e. The summed E-state index contributed by atoms with van der Waals surface area (Å²) in [7, 11) is 0. The predicted molar refractivity (Wildman–Crippen MR) is 130 cm³/mol. The number of carbonyl (C=O) groups excluding carboxylic acids is 3. The summed E-state index contributed by atoms with van der Waals surface area (Å²) in [5.74, 6) is -5.92. The molecule has 1 aliphatic rings. The molecule has 3 amide bonds. The minimum atomic E-state index is -1.75. The lowest BCUT2D eigenvalue weighted by atomic mass is 10.1. The van der Waals surface area contributed by atoms with Crippen molar-refractivity contribution >= 4 is 40.6 Å². The number of ether oxygens (including phenoxy) is 1. The highest BCUT2D eigenvalue weighted by molar-refractivity contribution is 8.18. The maximum atomic E-state index is 13.8. The van der Waals surface area contributed by atoms with E-state index in [0.29, 0.717) is 40.6 Å². The third kappa shape index (κ3) is 5.60. The summed E-state index contributed by atoms with van der Waals surface area (Å²) in [5.41, 5.74) is 2.01. The molecule has 0 aromatic heterocycles. The van der Waals surface area contributed by atoms with E-state index in [1.54, 1.807) is 24.3 Å². The van der Waals surface area contributed by atoms with Gasteiger partial charge in [-0.15, -0.1) is 0 Å². The van der Waals surface area contributed by atoms with E-state index in [9.17, 15) is 27.6 Å². The van der Waals surface area contributed by atoms with Crippen LogP contribution in [0.15, 0.2) is 65.6 Å². The average molecular weight is 513 g/mol. The number of thioether (sulfide) groups is 1. The monoisotopic (exact) mass is 512 g/mol. The number of para-hydroxylation sites is 1. The zero-order valence-corrected chi connectivity index (χ0v) is 19.7. The second kappa shape index (κ2) is 10.7. The fraction of sp³-hybridized carbons (Fsp3) is 0.115. The molecule has 4 rings (SSSR count). The second-order valence-electron chi connectivity index (χ2n) is 7.85. The summed E-state index contributed by atoms with van der Waals surface area (Å²) in [6.45, 7) is 1.54. The SMILES string of the molecule is Cc1cccc(COc2ccccc2/C=C2/SC(=O)N(CC(=O)Nc3ccc(F)c(F)c3F)C2=O)c1. The van der Waals surface area contributed by atoms with Crippen molar-refractivity contribution in [3.05, 3.63) is 99.7 Å². The Morgan fingerprint density at radius 2 is 1.81 bits per heavy atom. The third-order valence-electron chi connectivity index (χ3n) is 5.17. The number of aryl methyl sites for hydroxylation is 1. The van der Waals surface area contributed by atoms with Gasteiger partial charge in [0.15, 0.2) is 17.5 Å². The molecule has 0 spiro atoms. The van der Waals surface area contributed by atoms with Crippen LogP contribution in [-0.2, 0) is 16.2 Å². The molecule has 0 aliphatic carbocycles. The normalized spacial score (nSPS) is 14.4. The molecule has 0 radical (unpaired) electrons. The fourth-order valence-electron chi connectivity index (χ4n) is 3.43. The fourth-order valence-corrected chi connectivity index (χ4v) is 4.26. The molecule has 6 nitrogen and oxygen atoms in total. The third-order valence-corrected chi connectivity index (χ3v) is 6.07. The van der Waals surface area contributed by atoms with Crippen molar-refractivity contribution in [3.8, 4) is 5.75 Å². The lowest BCUT2D eigenvalue weighted by Gasteiger charge is -2.13. The van der Waals surface area contributed by atoms with Crippen molar-refractivity contribution in [2.45, 2.75) is 13.5 Å². The van der Waals surface area contributed by atoms with Gasteiger partial charge in [0.25, 0.3) is 11.1 Å². The summed E-state index contributed by atoms with van der Waals surface area (Å²) >= 11 is 0.637. The van der Waals surface area contributed by atoms with Crippen molar-refractivity contribution in [1.29, 1.82) is 0 Å². The molecule has 0 saturated carbocycles. The van der Waals surface area contributed by atoms with Crippen LogP contribution >= 0.6 is 11.8 Å². The van der Waals surface area contributed by atoms with E-state index in [4.69, 9.17) is 4.74 Å². The zero-order valence-electron chi connectivity index (χ0n) is 18.9. The van der Waals surface area contributed by atoms with Gasteiger partial charge in [0.2, 0.25) is 5.91 Å². The Labute approximate surface area is 208 Å². The number of imide groups is 1. The van der Waals surface area contributed by atoms with Crippen molar-refractivity contribution < 1.29 is 32.3 Å². The molecule has 36 heavy (non-hydrogen) atoms. The molecule has 1 saturated heterocycles. The molecule has 1 N–H and O–H groups in total. The lowest BCUT2D eigenvalue weighted by Crippen LogP contribution is -2.36. The number of rotatable bonds is 7. The van der Waals surface area contributed by atoms with Gasteiger partial charge in [-0.1, -0.05) is 48.0 Å². The van der Waals surface area contributed by atoms with Crippen LogP contribution in [0.3, 0.4) is 0 Å². The first-order chi connectivity index (χ1) is 17.2. The molecule has 0 bridgehead atoms. The Balaban J connectivity index is 1.46. The molecular weight excluding hydrogens is 493 g/mol. The minimum Gasteiger partial charge on any atom is -0.488 e. The van der Waals surface area contributed by atoms with Gasteiger partial charge < -0.3 is 10.1 Å². The number of benzene rings is 3. The smallest absolute Gasteiger partial charge is 0.294 e. The maximum Gasteiger partial charge on any atom is 0.294 e. The van der Waals surface area contributed by atoms with Crippen LogP contribution < -0.4 is 10.1 Å². The molecular formula is C26H19F3N2O4S. The molecule has 1 heterocycles. The van der Waals surface area contributed by atoms with Crippen LogP contribution in [0.2, 0.25) is 0 Å². The number of carbonyl (C=O) groups is 3. The van der Waals surface area contributed by atoms with Crippen molar-refractivity contribution in [3.63, 3.8) is 0 Å². The van der Waals surface area contributed by atoms with E-state index in [2.05, 4.69) is 0 Å². The molecule has 3 aromatic rings. The second-order valence-corrected chi connectivity index (χ2v) is 8.85. The minimum absolute atomic E-state index is 0.0680.